The van der Waals surface area contributed by atoms with Crippen molar-refractivity contribution in [3.8, 4) is 11.8 Å². The molecule has 0 saturated heterocycles. The van der Waals surface area contributed by atoms with Crippen LogP contribution in [0.4, 0.5) is 5.69 Å². The Labute approximate surface area is 127 Å². The minimum Gasteiger partial charge on any atom is -0.497 e. The first-order valence-electron chi connectivity index (χ1n) is 6.21. The van der Waals surface area contributed by atoms with E-state index < -0.39 is 0 Å². The number of hydrogen-bond acceptors (Lipinski definition) is 3. The van der Waals surface area contributed by atoms with Gasteiger partial charge in [0.1, 0.15) is 5.75 Å². The fourth-order valence-electron chi connectivity index (χ4n) is 1.92. The molecule has 0 saturated carbocycles. The number of benzene rings is 2. The molecule has 0 fully saturated rings. The number of nitriles is 1. The first-order chi connectivity index (χ1) is 9.63. The summed E-state index contributed by atoms with van der Waals surface area (Å²) in [5.74, 6) is 0.812. The zero-order valence-corrected chi connectivity index (χ0v) is 13.0. The highest BCUT2D eigenvalue weighted by atomic mass is 79.9. The fourth-order valence-corrected chi connectivity index (χ4v) is 2.31. The van der Waals surface area contributed by atoms with Crippen LogP contribution in [0.1, 0.15) is 16.7 Å². The Kier molecular flexibility index (Phi) is 4.65. The lowest BCUT2D eigenvalue weighted by Gasteiger charge is -2.12. The molecule has 0 atom stereocenters. The van der Waals surface area contributed by atoms with Gasteiger partial charge in [0.2, 0.25) is 0 Å². The number of rotatable bonds is 4. The van der Waals surface area contributed by atoms with Crippen LogP contribution in [0.25, 0.3) is 0 Å². The summed E-state index contributed by atoms with van der Waals surface area (Å²) in [5.41, 5.74) is 3.94. The van der Waals surface area contributed by atoms with Crippen LogP contribution in [-0.2, 0) is 6.54 Å². The van der Waals surface area contributed by atoms with E-state index in [0.29, 0.717) is 12.1 Å². The van der Waals surface area contributed by atoms with Crippen LogP contribution in [0, 0.1) is 18.3 Å². The Balaban J connectivity index is 2.15. The molecule has 0 aromatic heterocycles. The number of aryl methyl sites for hydroxylation is 1. The molecule has 102 valence electrons. The molecular weight excluding hydrogens is 316 g/mol. The molecular formula is C16H15BrN2O. The molecule has 2 rings (SSSR count). The van der Waals surface area contributed by atoms with Gasteiger partial charge in [-0.1, -0.05) is 6.07 Å². The van der Waals surface area contributed by atoms with Crippen LogP contribution < -0.4 is 10.1 Å². The molecule has 0 amide bonds. The molecule has 2 aromatic rings. The second-order valence-corrected chi connectivity index (χ2v) is 5.31. The smallest absolute Gasteiger partial charge is 0.121 e. The minimum atomic E-state index is 0.689. The number of nitrogens with zero attached hydrogens (tertiary/aromatic N) is 1. The van der Waals surface area contributed by atoms with E-state index in [1.54, 1.807) is 7.11 Å². The minimum absolute atomic E-state index is 0.689. The SMILES string of the molecule is COc1ccc(Br)c(NCc2ccc(C#N)cc2C)c1. The average Bonchev–Trinajstić information content (AvgIpc) is 2.47. The maximum Gasteiger partial charge on any atom is 0.121 e. The molecule has 0 bridgehead atoms. The van der Waals surface area contributed by atoms with E-state index in [-0.39, 0.29) is 0 Å². The highest BCUT2D eigenvalue weighted by Gasteiger charge is 2.04. The molecule has 0 unspecified atom stereocenters. The van der Waals surface area contributed by atoms with Gasteiger partial charge in [-0.15, -0.1) is 0 Å². The van der Waals surface area contributed by atoms with Gasteiger partial charge < -0.3 is 10.1 Å². The van der Waals surface area contributed by atoms with Crippen molar-refractivity contribution in [2.75, 3.05) is 12.4 Å². The van der Waals surface area contributed by atoms with E-state index >= 15 is 0 Å². The van der Waals surface area contributed by atoms with E-state index in [9.17, 15) is 0 Å². The Morgan fingerprint density at radius 3 is 2.70 bits per heavy atom. The fraction of sp³-hybridized carbons (Fsp3) is 0.188. The molecule has 20 heavy (non-hydrogen) atoms. The summed E-state index contributed by atoms with van der Waals surface area (Å²) in [6.45, 7) is 2.71. The predicted molar refractivity (Wildman–Crippen MR) is 83.9 cm³/mol. The van der Waals surface area contributed by atoms with Crippen LogP contribution in [0.5, 0.6) is 5.75 Å². The van der Waals surface area contributed by atoms with Gasteiger partial charge in [0.15, 0.2) is 0 Å². The number of methoxy groups -OCH3 is 1. The van der Waals surface area contributed by atoms with Gasteiger partial charge >= 0.3 is 0 Å². The summed E-state index contributed by atoms with van der Waals surface area (Å²) in [7, 11) is 1.65. The van der Waals surface area contributed by atoms with Crippen molar-refractivity contribution in [1.82, 2.24) is 0 Å². The number of hydrogen-bond donors (Lipinski definition) is 1. The predicted octanol–water partition coefficient (Wildman–Crippen LogP) is 4.25. The van der Waals surface area contributed by atoms with E-state index in [1.165, 1.54) is 5.56 Å². The van der Waals surface area contributed by atoms with Crippen molar-refractivity contribution in [3.05, 3.63) is 57.6 Å². The molecule has 0 spiro atoms. The van der Waals surface area contributed by atoms with Crippen LogP contribution in [0.2, 0.25) is 0 Å². The van der Waals surface area contributed by atoms with Crippen molar-refractivity contribution in [2.45, 2.75) is 13.5 Å². The highest BCUT2D eigenvalue weighted by Crippen LogP contribution is 2.27. The van der Waals surface area contributed by atoms with E-state index in [1.807, 2.05) is 43.3 Å². The lowest BCUT2D eigenvalue weighted by Crippen LogP contribution is -2.02. The van der Waals surface area contributed by atoms with Crippen LogP contribution in [0.3, 0.4) is 0 Å². The van der Waals surface area contributed by atoms with Gasteiger partial charge in [0, 0.05) is 17.1 Å². The Hall–Kier alpha value is -1.99. The number of nitrogens with one attached hydrogen (secondary N) is 1. The number of anilines is 1. The lowest BCUT2D eigenvalue weighted by atomic mass is 10.1. The molecule has 1 N–H and O–H groups in total. The van der Waals surface area contributed by atoms with Gasteiger partial charge in [0.05, 0.1) is 24.4 Å². The normalized spacial score (nSPS) is 9.90. The summed E-state index contributed by atoms with van der Waals surface area (Å²) in [4.78, 5) is 0. The van der Waals surface area contributed by atoms with Crippen molar-refractivity contribution in [3.63, 3.8) is 0 Å². The molecule has 0 aliphatic carbocycles. The zero-order valence-electron chi connectivity index (χ0n) is 11.4. The van der Waals surface area contributed by atoms with Crippen LogP contribution in [-0.4, -0.2) is 7.11 Å². The van der Waals surface area contributed by atoms with Crippen molar-refractivity contribution >= 4 is 21.6 Å². The Morgan fingerprint density at radius 1 is 1.25 bits per heavy atom. The van der Waals surface area contributed by atoms with Crippen molar-refractivity contribution < 1.29 is 4.74 Å². The monoisotopic (exact) mass is 330 g/mol. The molecule has 0 aliphatic rings. The topological polar surface area (TPSA) is 45.0 Å². The first-order valence-corrected chi connectivity index (χ1v) is 7.00. The maximum atomic E-state index is 8.87. The summed E-state index contributed by atoms with van der Waals surface area (Å²) in [5, 5.41) is 12.2. The van der Waals surface area contributed by atoms with E-state index in [2.05, 4.69) is 27.3 Å². The summed E-state index contributed by atoms with van der Waals surface area (Å²) < 4.78 is 6.21. The van der Waals surface area contributed by atoms with Crippen LogP contribution >= 0.6 is 15.9 Å². The van der Waals surface area contributed by atoms with Gasteiger partial charge in [-0.3, -0.25) is 0 Å². The quantitative estimate of drug-likeness (QED) is 0.911. The van der Waals surface area contributed by atoms with E-state index in [4.69, 9.17) is 10.00 Å². The second-order valence-electron chi connectivity index (χ2n) is 4.45. The largest absolute Gasteiger partial charge is 0.497 e. The molecule has 4 heteroatoms. The zero-order chi connectivity index (χ0) is 14.5. The molecule has 3 nitrogen and oxygen atoms in total. The first kappa shape index (κ1) is 14.4. The molecule has 0 heterocycles. The highest BCUT2D eigenvalue weighted by molar-refractivity contribution is 9.10. The lowest BCUT2D eigenvalue weighted by molar-refractivity contribution is 0.415. The van der Waals surface area contributed by atoms with Crippen molar-refractivity contribution in [1.29, 1.82) is 5.26 Å². The van der Waals surface area contributed by atoms with Gasteiger partial charge in [0.25, 0.3) is 0 Å². The summed E-state index contributed by atoms with van der Waals surface area (Å²) in [6, 6.07) is 13.7. The van der Waals surface area contributed by atoms with E-state index in [0.717, 1.165) is 21.5 Å². The van der Waals surface area contributed by atoms with Gasteiger partial charge in [-0.2, -0.15) is 5.26 Å². The molecule has 2 aromatic carbocycles. The molecule has 0 radical (unpaired) electrons. The summed E-state index contributed by atoms with van der Waals surface area (Å²) in [6.07, 6.45) is 0. The number of halogens is 1. The summed E-state index contributed by atoms with van der Waals surface area (Å²) >= 11 is 3.51. The molecule has 0 aliphatic heterocycles. The third-order valence-corrected chi connectivity index (χ3v) is 3.81. The maximum absolute atomic E-state index is 8.87. The van der Waals surface area contributed by atoms with Gasteiger partial charge in [-0.25, -0.2) is 0 Å². The second kappa shape index (κ2) is 6.44. The average molecular weight is 331 g/mol. The van der Waals surface area contributed by atoms with Crippen LogP contribution in [0.15, 0.2) is 40.9 Å². The Bertz CT molecular complexity index is 662. The standard InChI is InChI=1S/C16H15BrN2O/c1-11-7-12(9-18)3-4-13(11)10-19-16-8-14(20-2)5-6-15(16)17/h3-8,19H,10H2,1-2H3. The third kappa shape index (κ3) is 3.31. The number of ether oxygens (including phenoxy) is 1. The van der Waals surface area contributed by atoms with Gasteiger partial charge in [-0.05, 0) is 58.2 Å². The van der Waals surface area contributed by atoms with Crippen molar-refractivity contribution in [2.24, 2.45) is 0 Å². The third-order valence-electron chi connectivity index (χ3n) is 3.11. The Morgan fingerprint density at radius 2 is 2.05 bits per heavy atom.